The van der Waals surface area contributed by atoms with Gasteiger partial charge in [-0.2, -0.15) is 0 Å². The summed E-state index contributed by atoms with van der Waals surface area (Å²) in [5.74, 6) is 0.645. The van der Waals surface area contributed by atoms with E-state index in [4.69, 9.17) is 4.74 Å². The Labute approximate surface area is 127 Å². The van der Waals surface area contributed by atoms with Gasteiger partial charge in [-0.05, 0) is 52.9 Å². The van der Waals surface area contributed by atoms with E-state index < -0.39 is 5.60 Å². The molecule has 1 aromatic rings. The molecule has 1 aliphatic rings. The zero-order chi connectivity index (χ0) is 14.8. The van der Waals surface area contributed by atoms with Gasteiger partial charge in [0.2, 0.25) is 0 Å². The molecule has 0 radical (unpaired) electrons. The highest BCUT2D eigenvalue weighted by Crippen LogP contribution is 2.34. The van der Waals surface area contributed by atoms with E-state index in [1.54, 1.807) is 25.3 Å². The van der Waals surface area contributed by atoms with Crippen molar-refractivity contribution in [3.8, 4) is 5.75 Å². The van der Waals surface area contributed by atoms with Gasteiger partial charge in [0.25, 0.3) is 5.91 Å². The summed E-state index contributed by atoms with van der Waals surface area (Å²) in [7, 11) is 1.56. The number of halogens is 1. The SMILES string of the molecule is COc1ccc(Br)c(C(=O)NC[C@]2(O)CCC[C@H]2C)c1. The standard InChI is InChI=1S/C15H20BrNO3/c1-10-4-3-7-15(10,19)9-17-14(18)12-8-11(20-2)5-6-13(12)16/h5-6,8,10,19H,3-4,7,9H2,1-2H3,(H,17,18)/t10-,15-/m1/s1. The Bertz CT molecular complexity index is 506. The average molecular weight is 342 g/mol. The van der Waals surface area contributed by atoms with Crippen LogP contribution in [0.4, 0.5) is 0 Å². The molecule has 1 amide bonds. The second kappa shape index (κ2) is 6.14. The van der Waals surface area contributed by atoms with Crippen LogP contribution in [0.2, 0.25) is 0 Å². The van der Waals surface area contributed by atoms with Crippen molar-refractivity contribution in [2.45, 2.75) is 31.8 Å². The van der Waals surface area contributed by atoms with Gasteiger partial charge in [-0.3, -0.25) is 4.79 Å². The number of aliphatic hydroxyl groups is 1. The minimum absolute atomic E-state index is 0.205. The molecule has 1 aliphatic carbocycles. The number of rotatable bonds is 4. The van der Waals surface area contributed by atoms with E-state index in [-0.39, 0.29) is 18.4 Å². The minimum atomic E-state index is -0.777. The van der Waals surface area contributed by atoms with Gasteiger partial charge in [-0.25, -0.2) is 0 Å². The Morgan fingerprint density at radius 1 is 1.60 bits per heavy atom. The molecular weight excluding hydrogens is 322 g/mol. The van der Waals surface area contributed by atoms with E-state index in [2.05, 4.69) is 21.2 Å². The molecule has 0 saturated heterocycles. The molecule has 0 aromatic heterocycles. The molecule has 1 saturated carbocycles. The van der Waals surface area contributed by atoms with Crippen molar-refractivity contribution in [2.24, 2.45) is 5.92 Å². The summed E-state index contributed by atoms with van der Waals surface area (Å²) in [5, 5.41) is 13.3. The van der Waals surface area contributed by atoms with Crippen LogP contribution in [0.15, 0.2) is 22.7 Å². The molecular formula is C15H20BrNO3. The molecule has 0 spiro atoms. The second-order valence-electron chi connectivity index (χ2n) is 5.43. The van der Waals surface area contributed by atoms with Gasteiger partial charge in [0.05, 0.1) is 18.3 Å². The first-order valence-electron chi connectivity index (χ1n) is 6.80. The first-order chi connectivity index (χ1) is 9.46. The summed E-state index contributed by atoms with van der Waals surface area (Å²) >= 11 is 3.36. The fraction of sp³-hybridized carbons (Fsp3) is 0.533. The first kappa shape index (κ1) is 15.3. The lowest BCUT2D eigenvalue weighted by Gasteiger charge is -2.28. The van der Waals surface area contributed by atoms with Crippen LogP contribution in [0.25, 0.3) is 0 Å². The zero-order valence-electron chi connectivity index (χ0n) is 11.8. The number of amides is 1. The lowest BCUT2D eigenvalue weighted by atomic mass is 9.92. The molecule has 0 unspecified atom stereocenters. The normalized spacial score (nSPS) is 25.5. The van der Waals surface area contributed by atoms with E-state index in [1.165, 1.54) is 0 Å². The van der Waals surface area contributed by atoms with Crippen molar-refractivity contribution in [1.29, 1.82) is 0 Å². The molecule has 1 aromatic carbocycles. The fourth-order valence-electron chi connectivity index (χ4n) is 2.63. The number of benzene rings is 1. The van der Waals surface area contributed by atoms with E-state index in [0.717, 1.165) is 19.3 Å². The number of carbonyl (C=O) groups is 1. The lowest BCUT2D eigenvalue weighted by molar-refractivity contribution is 0.0101. The van der Waals surface area contributed by atoms with E-state index in [0.29, 0.717) is 15.8 Å². The summed E-state index contributed by atoms with van der Waals surface area (Å²) < 4.78 is 5.84. The molecule has 0 bridgehead atoms. The van der Waals surface area contributed by atoms with Gasteiger partial charge in [0, 0.05) is 11.0 Å². The fourth-order valence-corrected chi connectivity index (χ4v) is 3.05. The van der Waals surface area contributed by atoms with Crippen LogP contribution in [0.1, 0.15) is 36.5 Å². The third-order valence-electron chi connectivity index (χ3n) is 4.14. The molecule has 5 heteroatoms. The van der Waals surface area contributed by atoms with Gasteiger partial charge in [-0.1, -0.05) is 13.3 Å². The van der Waals surface area contributed by atoms with E-state index in [9.17, 15) is 9.90 Å². The smallest absolute Gasteiger partial charge is 0.252 e. The van der Waals surface area contributed by atoms with Crippen LogP contribution in [0, 0.1) is 5.92 Å². The Balaban J connectivity index is 2.05. The summed E-state index contributed by atoms with van der Waals surface area (Å²) in [6.45, 7) is 2.32. The van der Waals surface area contributed by atoms with Crippen LogP contribution < -0.4 is 10.1 Å². The van der Waals surface area contributed by atoms with Crippen LogP contribution in [-0.2, 0) is 0 Å². The molecule has 2 N–H and O–H groups in total. The largest absolute Gasteiger partial charge is 0.497 e. The quantitative estimate of drug-likeness (QED) is 0.885. The van der Waals surface area contributed by atoms with Crippen molar-refractivity contribution in [3.63, 3.8) is 0 Å². The lowest BCUT2D eigenvalue weighted by Crippen LogP contribution is -2.44. The Morgan fingerprint density at radius 3 is 2.95 bits per heavy atom. The van der Waals surface area contributed by atoms with Crippen LogP contribution in [0.3, 0.4) is 0 Å². The van der Waals surface area contributed by atoms with Gasteiger partial charge in [0.1, 0.15) is 5.75 Å². The average Bonchev–Trinajstić information content (AvgIpc) is 2.77. The predicted octanol–water partition coefficient (Wildman–Crippen LogP) is 2.74. The monoisotopic (exact) mass is 341 g/mol. The van der Waals surface area contributed by atoms with Crippen LogP contribution in [-0.4, -0.2) is 30.3 Å². The molecule has 0 aliphatic heterocycles. The Hall–Kier alpha value is -1.07. The maximum absolute atomic E-state index is 12.2. The number of hydrogen-bond donors (Lipinski definition) is 2. The maximum atomic E-state index is 12.2. The second-order valence-corrected chi connectivity index (χ2v) is 6.28. The molecule has 1 fully saturated rings. The molecule has 2 atom stereocenters. The molecule has 2 rings (SSSR count). The Kier molecular flexibility index (Phi) is 4.70. The van der Waals surface area contributed by atoms with Crippen molar-refractivity contribution in [1.82, 2.24) is 5.32 Å². The third kappa shape index (κ3) is 3.15. The first-order valence-corrected chi connectivity index (χ1v) is 7.60. The van der Waals surface area contributed by atoms with E-state index >= 15 is 0 Å². The molecule has 110 valence electrons. The van der Waals surface area contributed by atoms with Gasteiger partial charge < -0.3 is 15.2 Å². The highest BCUT2D eigenvalue weighted by molar-refractivity contribution is 9.10. The zero-order valence-corrected chi connectivity index (χ0v) is 13.4. The van der Waals surface area contributed by atoms with E-state index in [1.807, 2.05) is 6.92 Å². The number of carbonyl (C=O) groups excluding carboxylic acids is 1. The third-order valence-corrected chi connectivity index (χ3v) is 4.83. The van der Waals surface area contributed by atoms with Crippen LogP contribution in [0.5, 0.6) is 5.75 Å². The van der Waals surface area contributed by atoms with Crippen molar-refractivity contribution < 1.29 is 14.6 Å². The maximum Gasteiger partial charge on any atom is 0.252 e. The molecule has 0 heterocycles. The Morgan fingerprint density at radius 2 is 2.35 bits per heavy atom. The highest BCUT2D eigenvalue weighted by atomic mass is 79.9. The summed E-state index contributed by atoms with van der Waals surface area (Å²) in [4.78, 5) is 12.2. The van der Waals surface area contributed by atoms with Crippen molar-refractivity contribution >= 4 is 21.8 Å². The van der Waals surface area contributed by atoms with Crippen molar-refractivity contribution in [3.05, 3.63) is 28.2 Å². The number of methoxy groups -OCH3 is 1. The summed E-state index contributed by atoms with van der Waals surface area (Å²) in [5.41, 5.74) is -0.264. The molecule has 4 nitrogen and oxygen atoms in total. The summed E-state index contributed by atoms with van der Waals surface area (Å²) in [6, 6.07) is 5.25. The van der Waals surface area contributed by atoms with Gasteiger partial charge in [0.15, 0.2) is 0 Å². The van der Waals surface area contributed by atoms with Crippen LogP contribution >= 0.6 is 15.9 Å². The highest BCUT2D eigenvalue weighted by Gasteiger charge is 2.38. The summed E-state index contributed by atoms with van der Waals surface area (Å²) in [6.07, 6.45) is 2.76. The number of nitrogens with one attached hydrogen (secondary N) is 1. The minimum Gasteiger partial charge on any atom is -0.497 e. The number of hydrogen-bond acceptors (Lipinski definition) is 3. The number of ether oxygens (including phenoxy) is 1. The topological polar surface area (TPSA) is 58.6 Å². The van der Waals surface area contributed by atoms with Gasteiger partial charge in [-0.15, -0.1) is 0 Å². The predicted molar refractivity (Wildman–Crippen MR) is 81.0 cm³/mol. The van der Waals surface area contributed by atoms with Gasteiger partial charge >= 0.3 is 0 Å². The van der Waals surface area contributed by atoms with Crippen molar-refractivity contribution in [2.75, 3.05) is 13.7 Å². The molecule has 20 heavy (non-hydrogen) atoms.